The summed E-state index contributed by atoms with van der Waals surface area (Å²) >= 11 is 11.4. The van der Waals surface area contributed by atoms with Crippen molar-refractivity contribution in [1.82, 2.24) is 10.2 Å². The second-order valence-electron chi connectivity index (χ2n) is 6.69. The van der Waals surface area contributed by atoms with Crippen molar-refractivity contribution in [3.63, 3.8) is 0 Å². The zero-order chi connectivity index (χ0) is 19.2. The highest BCUT2D eigenvalue weighted by Gasteiger charge is 2.25. The maximum Gasteiger partial charge on any atom is 0.407 e. The summed E-state index contributed by atoms with van der Waals surface area (Å²) in [6, 6.07) is 14.4. The molecule has 2 N–H and O–H groups in total. The molecule has 0 spiro atoms. The molecule has 1 fully saturated rings. The van der Waals surface area contributed by atoms with E-state index in [9.17, 15) is 4.79 Å². The van der Waals surface area contributed by atoms with E-state index in [-0.39, 0.29) is 0 Å². The van der Waals surface area contributed by atoms with E-state index in [1.807, 2.05) is 18.2 Å². The lowest BCUT2D eigenvalue weighted by Crippen LogP contribution is -2.29. The fraction of sp³-hybridized carbons (Fsp3) is 0.350. The molecule has 7 heteroatoms. The number of carboxylic acid groups (broad SMARTS) is 1. The molecule has 1 aliphatic heterocycles. The second-order valence-corrected chi connectivity index (χ2v) is 9.03. The maximum atomic E-state index is 11.0. The van der Waals surface area contributed by atoms with Gasteiger partial charge in [-0.25, -0.2) is 4.79 Å². The monoisotopic (exact) mass is 468 g/mol. The van der Waals surface area contributed by atoms with Crippen molar-refractivity contribution in [2.24, 2.45) is 5.92 Å². The van der Waals surface area contributed by atoms with Gasteiger partial charge < -0.3 is 15.3 Å². The molecule has 3 rings (SSSR count). The van der Waals surface area contributed by atoms with Crippen molar-refractivity contribution >= 4 is 45.4 Å². The van der Waals surface area contributed by atoms with E-state index in [1.165, 1.54) is 20.9 Å². The Morgan fingerprint density at radius 1 is 1.33 bits per heavy atom. The summed E-state index contributed by atoms with van der Waals surface area (Å²) in [7, 11) is 0. The lowest BCUT2D eigenvalue weighted by Gasteiger charge is -2.13. The normalized spacial score (nSPS) is 16.7. The van der Waals surface area contributed by atoms with E-state index in [2.05, 4.69) is 45.5 Å². The van der Waals surface area contributed by atoms with Crippen LogP contribution in [-0.4, -0.2) is 35.7 Å². The van der Waals surface area contributed by atoms with Crippen LogP contribution in [0.15, 0.2) is 51.8 Å². The van der Waals surface area contributed by atoms with E-state index >= 15 is 0 Å². The molecule has 0 bridgehead atoms. The van der Waals surface area contributed by atoms with Crippen LogP contribution in [0.25, 0.3) is 0 Å². The number of halogens is 2. The number of carbonyl (C=O) groups is 1. The van der Waals surface area contributed by atoms with Gasteiger partial charge in [0.25, 0.3) is 0 Å². The van der Waals surface area contributed by atoms with Crippen molar-refractivity contribution in [3.05, 3.63) is 63.1 Å². The van der Waals surface area contributed by atoms with Crippen LogP contribution in [0.4, 0.5) is 4.79 Å². The SMILES string of the molecule is O=C(O)N1CCC(CNCc2cccc(SCc3ccc(Cl)cc3Br)c2)C1. The van der Waals surface area contributed by atoms with Gasteiger partial charge in [-0.15, -0.1) is 11.8 Å². The van der Waals surface area contributed by atoms with Crippen LogP contribution in [0.1, 0.15) is 17.5 Å². The van der Waals surface area contributed by atoms with Gasteiger partial charge >= 0.3 is 6.09 Å². The molecule has 0 saturated carbocycles. The van der Waals surface area contributed by atoms with Gasteiger partial charge in [-0.3, -0.25) is 0 Å². The first-order valence-corrected chi connectivity index (χ1v) is 11.0. The van der Waals surface area contributed by atoms with Gasteiger partial charge in [-0.1, -0.05) is 45.7 Å². The molecule has 1 amide bonds. The zero-order valence-electron chi connectivity index (χ0n) is 14.8. The topological polar surface area (TPSA) is 52.6 Å². The van der Waals surface area contributed by atoms with E-state index in [4.69, 9.17) is 16.7 Å². The van der Waals surface area contributed by atoms with E-state index < -0.39 is 6.09 Å². The number of nitrogens with zero attached hydrogens (tertiary/aromatic N) is 1. The number of thioether (sulfide) groups is 1. The molecule has 1 aliphatic rings. The summed E-state index contributed by atoms with van der Waals surface area (Å²) in [4.78, 5) is 13.7. The first kappa shape index (κ1) is 20.5. The maximum absolute atomic E-state index is 11.0. The summed E-state index contributed by atoms with van der Waals surface area (Å²) in [6.45, 7) is 2.92. The number of nitrogens with one attached hydrogen (secondary N) is 1. The molecule has 144 valence electrons. The first-order chi connectivity index (χ1) is 13.0. The smallest absolute Gasteiger partial charge is 0.407 e. The quantitative estimate of drug-likeness (QED) is 0.527. The van der Waals surface area contributed by atoms with Gasteiger partial charge in [0, 0.05) is 46.3 Å². The third-order valence-electron chi connectivity index (χ3n) is 4.63. The Morgan fingerprint density at radius 2 is 2.19 bits per heavy atom. The van der Waals surface area contributed by atoms with Gasteiger partial charge in [0.2, 0.25) is 0 Å². The largest absolute Gasteiger partial charge is 0.465 e. The zero-order valence-corrected chi connectivity index (χ0v) is 18.0. The van der Waals surface area contributed by atoms with Crippen molar-refractivity contribution in [2.75, 3.05) is 19.6 Å². The highest BCUT2D eigenvalue weighted by molar-refractivity contribution is 9.10. The Bertz CT molecular complexity index is 805. The molecule has 2 aromatic carbocycles. The highest BCUT2D eigenvalue weighted by Crippen LogP contribution is 2.29. The Hall–Kier alpha value is -1.21. The third kappa shape index (κ3) is 6.14. The molecule has 1 atom stereocenters. The van der Waals surface area contributed by atoms with E-state index in [0.29, 0.717) is 19.0 Å². The first-order valence-electron chi connectivity index (χ1n) is 8.85. The predicted octanol–water partition coefficient (Wildman–Crippen LogP) is 5.48. The highest BCUT2D eigenvalue weighted by atomic mass is 79.9. The lowest BCUT2D eigenvalue weighted by atomic mass is 10.1. The Balaban J connectivity index is 1.47. The minimum absolute atomic E-state index is 0.404. The molecule has 0 aromatic heterocycles. The summed E-state index contributed by atoms with van der Waals surface area (Å²) in [5.74, 6) is 1.28. The Kier molecular flexibility index (Phi) is 7.47. The van der Waals surface area contributed by atoms with Gasteiger partial charge in [0.05, 0.1) is 0 Å². The number of rotatable bonds is 7. The number of likely N-dealkylation sites (tertiary alicyclic amines) is 1. The summed E-state index contributed by atoms with van der Waals surface area (Å²) < 4.78 is 1.03. The van der Waals surface area contributed by atoms with Crippen LogP contribution < -0.4 is 5.32 Å². The number of hydrogen-bond donors (Lipinski definition) is 2. The molecule has 1 unspecified atom stereocenters. The molecule has 27 heavy (non-hydrogen) atoms. The minimum Gasteiger partial charge on any atom is -0.465 e. The molecular weight excluding hydrogens is 448 g/mol. The molecular formula is C20H22BrClN2O2S. The van der Waals surface area contributed by atoms with Crippen LogP contribution in [0, 0.1) is 5.92 Å². The molecule has 4 nitrogen and oxygen atoms in total. The van der Waals surface area contributed by atoms with Crippen molar-refractivity contribution < 1.29 is 9.90 Å². The standard InChI is InChI=1S/C20H22BrClN2O2S/c21-19-9-17(22)5-4-16(19)13-27-18-3-1-2-14(8-18)10-23-11-15-6-7-24(12-15)20(25)26/h1-5,8-9,15,23H,6-7,10-13H2,(H,25,26). The number of hydrogen-bond acceptors (Lipinski definition) is 3. The molecule has 0 aliphatic carbocycles. The number of amides is 1. The predicted molar refractivity (Wildman–Crippen MR) is 115 cm³/mol. The summed E-state index contributed by atoms with van der Waals surface area (Å²) in [5, 5.41) is 13.2. The fourth-order valence-electron chi connectivity index (χ4n) is 3.14. The molecule has 0 radical (unpaired) electrons. The average molecular weight is 470 g/mol. The van der Waals surface area contributed by atoms with Crippen LogP contribution >= 0.6 is 39.3 Å². The minimum atomic E-state index is -0.811. The second kappa shape index (κ2) is 9.82. The van der Waals surface area contributed by atoms with Gasteiger partial charge in [-0.05, 0) is 47.7 Å². The molecule has 2 aromatic rings. The van der Waals surface area contributed by atoms with Crippen molar-refractivity contribution in [1.29, 1.82) is 0 Å². The van der Waals surface area contributed by atoms with Crippen LogP contribution in [0.2, 0.25) is 5.02 Å². The van der Waals surface area contributed by atoms with Crippen molar-refractivity contribution in [3.8, 4) is 0 Å². The van der Waals surface area contributed by atoms with Gasteiger partial charge in [0.1, 0.15) is 0 Å². The lowest BCUT2D eigenvalue weighted by molar-refractivity contribution is 0.154. The van der Waals surface area contributed by atoms with Gasteiger partial charge in [-0.2, -0.15) is 0 Å². The van der Waals surface area contributed by atoms with Gasteiger partial charge in [0.15, 0.2) is 0 Å². The van der Waals surface area contributed by atoms with Crippen LogP contribution in [0.5, 0.6) is 0 Å². The Morgan fingerprint density at radius 3 is 2.93 bits per heavy atom. The summed E-state index contributed by atoms with van der Waals surface area (Å²) in [5.41, 5.74) is 2.46. The average Bonchev–Trinajstić information content (AvgIpc) is 3.11. The summed E-state index contributed by atoms with van der Waals surface area (Å²) in [6.07, 6.45) is 0.125. The Labute approximate surface area is 177 Å². The number of benzene rings is 2. The third-order valence-corrected chi connectivity index (χ3v) is 6.64. The molecule has 1 heterocycles. The van der Waals surface area contributed by atoms with Crippen LogP contribution in [-0.2, 0) is 12.3 Å². The van der Waals surface area contributed by atoms with E-state index in [1.54, 1.807) is 11.8 Å². The molecule has 1 saturated heterocycles. The van der Waals surface area contributed by atoms with E-state index in [0.717, 1.165) is 34.8 Å². The van der Waals surface area contributed by atoms with Crippen LogP contribution in [0.3, 0.4) is 0 Å². The van der Waals surface area contributed by atoms with Crippen molar-refractivity contribution in [2.45, 2.75) is 23.6 Å². The fourth-order valence-corrected chi connectivity index (χ4v) is 5.13.